The Morgan fingerprint density at radius 3 is 2.68 bits per heavy atom. The molecule has 0 bridgehead atoms. The molecule has 0 aliphatic heterocycles. The van der Waals surface area contributed by atoms with E-state index in [0.717, 1.165) is 17.0 Å². The van der Waals surface area contributed by atoms with Gasteiger partial charge in [0.1, 0.15) is 5.75 Å². The summed E-state index contributed by atoms with van der Waals surface area (Å²) in [6, 6.07) is 11.7. The fourth-order valence-electron chi connectivity index (χ4n) is 1.73. The van der Waals surface area contributed by atoms with E-state index in [1.54, 1.807) is 13.3 Å². The molecule has 0 saturated heterocycles. The molecule has 0 aliphatic carbocycles. The molecule has 0 aliphatic rings. The van der Waals surface area contributed by atoms with Crippen molar-refractivity contribution in [3.05, 3.63) is 48.2 Å². The highest BCUT2D eigenvalue weighted by atomic mass is 16.5. The summed E-state index contributed by atoms with van der Waals surface area (Å²) in [6.45, 7) is 3.33. The zero-order valence-electron chi connectivity index (χ0n) is 11.2. The highest BCUT2D eigenvalue weighted by Crippen LogP contribution is 2.24. The number of benzene rings is 1. The van der Waals surface area contributed by atoms with Crippen molar-refractivity contribution in [3.63, 3.8) is 0 Å². The minimum absolute atomic E-state index is 0.624. The van der Waals surface area contributed by atoms with Crippen LogP contribution in [0.15, 0.2) is 42.6 Å². The van der Waals surface area contributed by atoms with E-state index in [1.807, 2.05) is 43.3 Å². The molecule has 1 heterocycles. The van der Waals surface area contributed by atoms with Gasteiger partial charge in [-0.1, -0.05) is 18.2 Å². The van der Waals surface area contributed by atoms with E-state index in [0.29, 0.717) is 19.0 Å². The zero-order chi connectivity index (χ0) is 13.5. The second-order valence-electron chi connectivity index (χ2n) is 3.99. The molecule has 1 aromatic carbocycles. The van der Waals surface area contributed by atoms with Crippen molar-refractivity contribution in [3.8, 4) is 11.6 Å². The van der Waals surface area contributed by atoms with Gasteiger partial charge in [0.05, 0.1) is 19.4 Å². The van der Waals surface area contributed by atoms with E-state index in [4.69, 9.17) is 9.47 Å². The van der Waals surface area contributed by atoms with Gasteiger partial charge in [0, 0.05) is 18.8 Å². The van der Waals surface area contributed by atoms with Gasteiger partial charge in [-0.05, 0) is 24.6 Å². The molecule has 4 nitrogen and oxygen atoms in total. The number of ether oxygens (including phenoxy) is 2. The molecule has 0 unspecified atom stereocenters. The first-order valence-electron chi connectivity index (χ1n) is 6.28. The van der Waals surface area contributed by atoms with Crippen LogP contribution in [0.5, 0.6) is 11.6 Å². The van der Waals surface area contributed by atoms with Crippen molar-refractivity contribution in [1.82, 2.24) is 4.98 Å². The van der Waals surface area contributed by atoms with Crippen LogP contribution in [-0.4, -0.2) is 18.7 Å². The first-order valence-corrected chi connectivity index (χ1v) is 6.28. The molecule has 2 aromatic rings. The largest absolute Gasteiger partial charge is 0.492 e. The molecule has 0 spiro atoms. The van der Waals surface area contributed by atoms with E-state index in [2.05, 4.69) is 10.3 Å². The lowest BCUT2D eigenvalue weighted by Gasteiger charge is -2.12. The van der Waals surface area contributed by atoms with Crippen molar-refractivity contribution in [1.29, 1.82) is 0 Å². The summed E-state index contributed by atoms with van der Waals surface area (Å²) < 4.78 is 10.6. The average Bonchev–Trinajstić information content (AvgIpc) is 2.47. The number of methoxy groups -OCH3 is 1. The number of nitrogens with zero attached hydrogens (tertiary/aromatic N) is 1. The van der Waals surface area contributed by atoms with Crippen LogP contribution >= 0.6 is 0 Å². The van der Waals surface area contributed by atoms with Gasteiger partial charge in [-0.2, -0.15) is 0 Å². The third-order valence-corrected chi connectivity index (χ3v) is 2.68. The van der Waals surface area contributed by atoms with Gasteiger partial charge in [0.25, 0.3) is 0 Å². The number of aromatic nitrogens is 1. The Kier molecular flexibility index (Phi) is 4.61. The lowest BCUT2D eigenvalue weighted by Crippen LogP contribution is -2.03. The molecule has 2 rings (SSSR count). The fourth-order valence-corrected chi connectivity index (χ4v) is 1.73. The van der Waals surface area contributed by atoms with Crippen molar-refractivity contribution in [2.45, 2.75) is 13.5 Å². The zero-order valence-corrected chi connectivity index (χ0v) is 11.2. The Bertz CT molecular complexity index is 512. The van der Waals surface area contributed by atoms with Crippen LogP contribution < -0.4 is 14.8 Å². The highest BCUT2D eigenvalue weighted by Gasteiger charge is 2.02. The topological polar surface area (TPSA) is 43.4 Å². The van der Waals surface area contributed by atoms with Crippen molar-refractivity contribution < 1.29 is 9.47 Å². The number of hydrogen-bond donors (Lipinski definition) is 1. The van der Waals surface area contributed by atoms with E-state index >= 15 is 0 Å². The second-order valence-corrected chi connectivity index (χ2v) is 3.99. The van der Waals surface area contributed by atoms with Gasteiger partial charge in [0.15, 0.2) is 0 Å². The molecule has 0 fully saturated rings. The molecule has 0 radical (unpaired) electrons. The van der Waals surface area contributed by atoms with Crippen molar-refractivity contribution in [2.24, 2.45) is 0 Å². The van der Waals surface area contributed by atoms with E-state index in [-0.39, 0.29) is 0 Å². The first kappa shape index (κ1) is 13.2. The smallest absolute Gasteiger partial charge is 0.212 e. The minimum Gasteiger partial charge on any atom is -0.492 e. The Balaban J connectivity index is 2.01. The number of anilines is 1. The normalized spacial score (nSPS) is 10.0. The van der Waals surface area contributed by atoms with Crippen LogP contribution in [0.25, 0.3) is 0 Å². The number of nitrogens with one attached hydrogen (secondary N) is 1. The summed E-state index contributed by atoms with van der Waals surface area (Å²) in [5.41, 5.74) is 2.08. The maximum Gasteiger partial charge on any atom is 0.212 e. The predicted octanol–water partition coefficient (Wildman–Crippen LogP) is 3.10. The van der Waals surface area contributed by atoms with Crippen molar-refractivity contribution in [2.75, 3.05) is 19.0 Å². The van der Waals surface area contributed by atoms with Gasteiger partial charge in [-0.15, -0.1) is 0 Å². The quantitative estimate of drug-likeness (QED) is 0.864. The van der Waals surface area contributed by atoms with E-state index in [9.17, 15) is 0 Å². The van der Waals surface area contributed by atoms with Crippen LogP contribution in [0.3, 0.4) is 0 Å². The summed E-state index contributed by atoms with van der Waals surface area (Å²) in [6.07, 6.45) is 1.80. The standard InChI is InChI=1S/C15H18N2O2/c1-3-19-14-7-5-4-6-13(14)16-10-12-8-9-15(18-2)17-11-12/h4-9,11,16H,3,10H2,1-2H3. The Hall–Kier alpha value is -2.23. The van der Waals surface area contributed by atoms with Gasteiger partial charge >= 0.3 is 0 Å². The molecule has 1 aromatic heterocycles. The van der Waals surface area contributed by atoms with Crippen LogP contribution in [0.4, 0.5) is 5.69 Å². The molecule has 19 heavy (non-hydrogen) atoms. The number of para-hydroxylation sites is 2. The molecular formula is C15H18N2O2. The minimum atomic E-state index is 0.624. The van der Waals surface area contributed by atoms with Gasteiger partial charge in [-0.3, -0.25) is 0 Å². The lowest BCUT2D eigenvalue weighted by molar-refractivity contribution is 0.341. The molecular weight excluding hydrogens is 240 g/mol. The third-order valence-electron chi connectivity index (χ3n) is 2.68. The van der Waals surface area contributed by atoms with Crippen LogP contribution in [0, 0.1) is 0 Å². The van der Waals surface area contributed by atoms with Crippen LogP contribution in [0.1, 0.15) is 12.5 Å². The predicted molar refractivity (Wildman–Crippen MR) is 75.7 cm³/mol. The van der Waals surface area contributed by atoms with E-state index < -0.39 is 0 Å². The van der Waals surface area contributed by atoms with E-state index in [1.165, 1.54) is 0 Å². The second kappa shape index (κ2) is 6.64. The maximum absolute atomic E-state index is 5.56. The first-order chi connectivity index (χ1) is 9.33. The Morgan fingerprint density at radius 2 is 2.00 bits per heavy atom. The van der Waals surface area contributed by atoms with Crippen molar-refractivity contribution >= 4 is 5.69 Å². The summed E-state index contributed by atoms with van der Waals surface area (Å²) in [4.78, 5) is 4.17. The summed E-state index contributed by atoms with van der Waals surface area (Å²) >= 11 is 0. The molecule has 0 saturated carbocycles. The summed E-state index contributed by atoms with van der Waals surface area (Å²) in [5, 5.41) is 3.35. The monoisotopic (exact) mass is 258 g/mol. The highest BCUT2D eigenvalue weighted by molar-refractivity contribution is 5.56. The number of hydrogen-bond acceptors (Lipinski definition) is 4. The number of rotatable bonds is 6. The van der Waals surface area contributed by atoms with Crippen LogP contribution in [0.2, 0.25) is 0 Å². The molecule has 0 amide bonds. The number of pyridine rings is 1. The van der Waals surface area contributed by atoms with Gasteiger partial charge in [-0.25, -0.2) is 4.98 Å². The molecule has 0 atom stereocenters. The summed E-state index contributed by atoms with van der Waals surface area (Å²) in [5.74, 6) is 1.49. The molecule has 4 heteroatoms. The lowest BCUT2D eigenvalue weighted by atomic mass is 10.2. The molecule has 100 valence electrons. The fraction of sp³-hybridized carbons (Fsp3) is 0.267. The van der Waals surface area contributed by atoms with Crippen LogP contribution in [-0.2, 0) is 6.54 Å². The third kappa shape index (κ3) is 3.61. The average molecular weight is 258 g/mol. The Labute approximate surface area is 113 Å². The maximum atomic E-state index is 5.56. The SMILES string of the molecule is CCOc1ccccc1NCc1ccc(OC)nc1. The van der Waals surface area contributed by atoms with Gasteiger partial charge < -0.3 is 14.8 Å². The summed E-state index contributed by atoms with van der Waals surface area (Å²) in [7, 11) is 1.61. The van der Waals surface area contributed by atoms with Gasteiger partial charge in [0.2, 0.25) is 5.88 Å². The molecule has 1 N–H and O–H groups in total. The Morgan fingerprint density at radius 1 is 1.16 bits per heavy atom.